The molecule has 12 heavy (non-hydrogen) atoms. The molecule has 2 nitrogen and oxygen atoms in total. The molecule has 1 rings (SSSR count). The lowest BCUT2D eigenvalue weighted by Crippen LogP contribution is -2.39. The van der Waals surface area contributed by atoms with E-state index < -0.39 is 0 Å². The third-order valence-electron chi connectivity index (χ3n) is 2.58. The number of thioether (sulfide) groups is 1. The van der Waals surface area contributed by atoms with Crippen molar-refractivity contribution in [3.63, 3.8) is 0 Å². The summed E-state index contributed by atoms with van der Waals surface area (Å²) in [5.74, 6) is 1.25. The van der Waals surface area contributed by atoms with Crippen molar-refractivity contribution in [3.05, 3.63) is 0 Å². The highest BCUT2D eigenvalue weighted by molar-refractivity contribution is 7.98. The second kappa shape index (κ2) is 5.84. The number of nitrogens with two attached hydrogens (primary N) is 1. The highest BCUT2D eigenvalue weighted by Gasteiger charge is 2.19. The third-order valence-corrected chi connectivity index (χ3v) is 3.23. The molecule has 1 heterocycles. The van der Waals surface area contributed by atoms with Gasteiger partial charge in [-0.1, -0.05) is 0 Å². The van der Waals surface area contributed by atoms with Crippen molar-refractivity contribution in [3.8, 4) is 0 Å². The summed E-state index contributed by atoms with van der Waals surface area (Å²) in [7, 11) is 0. The summed E-state index contributed by atoms with van der Waals surface area (Å²) >= 11 is 1.92. The minimum absolute atomic E-state index is 0.653. The van der Waals surface area contributed by atoms with Crippen LogP contribution in [0.25, 0.3) is 0 Å². The standard InChI is InChI=1S/C9H20N2S/c1-12-7-4-9(8-10)11-5-2-3-6-11/h9H,2-8,10H2,1H3. The first-order valence-electron chi connectivity index (χ1n) is 4.81. The molecule has 0 radical (unpaired) electrons. The van der Waals surface area contributed by atoms with E-state index in [-0.39, 0.29) is 0 Å². The van der Waals surface area contributed by atoms with Crippen LogP contribution in [0.2, 0.25) is 0 Å². The maximum atomic E-state index is 5.74. The van der Waals surface area contributed by atoms with Gasteiger partial charge in [0.2, 0.25) is 0 Å². The second-order valence-corrected chi connectivity index (χ2v) is 4.40. The van der Waals surface area contributed by atoms with Crippen LogP contribution in [0.3, 0.4) is 0 Å². The minimum Gasteiger partial charge on any atom is -0.329 e. The molecule has 0 aromatic carbocycles. The first kappa shape index (κ1) is 10.4. The summed E-state index contributed by atoms with van der Waals surface area (Å²) in [5, 5.41) is 0. The van der Waals surface area contributed by atoms with Crippen molar-refractivity contribution in [2.24, 2.45) is 5.73 Å². The number of hydrogen-bond donors (Lipinski definition) is 1. The molecule has 1 aliphatic rings. The van der Waals surface area contributed by atoms with Gasteiger partial charge in [0.15, 0.2) is 0 Å². The van der Waals surface area contributed by atoms with Crippen LogP contribution in [0.15, 0.2) is 0 Å². The summed E-state index contributed by atoms with van der Waals surface area (Å²) in [4.78, 5) is 2.55. The molecule has 0 aromatic rings. The number of likely N-dealkylation sites (tertiary alicyclic amines) is 1. The SMILES string of the molecule is CSCCC(CN)N1CCCC1. The summed E-state index contributed by atoms with van der Waals surface area (Å²) in [6.07, 6.45) is 6.17. The lowest BCUT2D eigenvalue weighted by atomic mass is 10.2. The van der Waals surface area contributed by atoms with Gasteiger partial charge >= 0.3 is 0 Å². The van der Waals surface area contributed by atoms with Gasteiger partial charge in [0, 0.05) is 12.6 Å². The Morgan fingerprint density at radius 3 is 2.58 bits per heavy atom. The number of rotatable bonds is 5. The van der Waals surface area contributed by atoms with E-state index in [4.69, 9.17) is 5.73 Å². The van der Waals surface area contributed by atoms with Crippen molar-refractivity contribution in [1.82, 2.24) is 4.90 Å². The minimum atomic E-state index is 0.653. The molecule has 0 amide bonds. The van der Waals surface area contributed by atoms with Crippen molar-refractivity contribution < 1.29 is 0 Å². The molecule has 1 unspecified atom stereocenters. The molecule has 0 bridgehead atoms. The molecule has 2 N–H and O–H groups in total. The Hall–Kier alpha value is 0.270. The Balaban J connectivity index is 2.22. The van der Waals surface area contributed by atoms with E-state index in [2.05, 4.69) is 11.2 Å². The van der Waals surface area contributed by atoms with Crippen LogP contribution in [-0.2, 0) is 0 Å². The summed E-state index contributed by atoms with van der Waals surface area (Å²) < 4.78 is 0. The zero-order chi connectivity index (χ0) is 8.81. The highest BCUT2D eigenvalue weighted by atomic mass is 32.2. The smallest absolute Gasteiger partial charge is 0.0226 e. The fourth-order valence-electron chi connectivity index (χ4n) is 1.81. The molecule has 1 atom stereocenters. The van der Waals surface area contributed by atoms with Gasteiger partial charge in [-0.05, 0) is 44.4 Å². The van der Waals surface area contributed by atoms with Gasteiger partial charge in [-0.15, -0.1) is 0 Å². The molecule has 1 saturated heterocycles. The van der Waals surface area contributed by atoms with Gasteiger partial charge in [0.05, 0.1) is 0 Å². The zero-order valence-electron chi connectivity index (χ0n) is 7.96. The van der Waals surface area contributed by atoms with Gasteiger partial charge in [-0.2, -0.15) is 11.8 Å². The fraction of sp³-hybridized carbons (Fsp3) is 1.00. The molecule has 0 spiro atoms. The zero-order valence-corrected chi connectivity index (χ0v) is 8.78. The second-order valence-electron chi connectivity index (χ2n) is 3.41. The molecule has 0 aliphatic carbocycles. The summed E-state index contributed by atoms with van der Waals surface area (Å²) in [5.41, 5.74) is 5.74. The molecule has 1 fully saturated rings. The van der Waals surface area contributed by atoms with Crippen molar-refractivity contribution in [1.29, 1.82) is 0 Å². The predicted molar refractivity (Wildman–Crippen MR) is 56.6 cm³/mol. The van der Waals surface area contributed by atoms with Crippen LogP contribution >= 0.6 is 11.8 Å². The normalized spacial score (nSPS) is 21.5. The van der Waals surface area contributed by atoms with Crippen molar-refractivity contribution >= 4 is 11.8 Å². The molecule has 0 aromatic heterocycles. The Labute approximate surface area is 79.9 Å². The monoisotopic (exact) mass is 188 g/mol. The Bertz CT molecular complexity index is 113. The number of nitrogens with zero attached hydrogens (tertiary/aromatic N) is 1. The van der Waals surface area contributed by atoms with Crippen molar-refractivity contribution in [2.75, 3.05) is 31.6 Å². The Morgan fingerprint density at radius 1 is 1.42 bits per heavy atom. The molecule has 72 valence electrons. The largest absolute Gasteiger partial charge is 0.329 e. The summed E-state index contributed by atoms with van der Waals surface area (Å²) in [6.45, 7) is 3.38. The van der Waals surface area contributed by atoms with Crippen LogP contribution in [0, 0.1) is 0 Å². The van der Waals surface area contributed by atoms with Crippen LogP contribution in [0.1, 0.15) is 19.3 Å². The molecular formula is C9H20N2S. The van der Waals surface area contributed by atoms with Crippen LogP contribution in [0.5, 0.6) is 0 Å². The van der Waals surface area contributed by atoms with Gasteiger partial charge in [0.1, 0.15) is 0 Å². The molecular weight excluding hydrogens is 168 g/mol. The first-order chi connectivity index (χ1) is 5.88. The van der Waals surface area contributed by atoms with E-state index in [0.29, 0.717) is 6.04 Å². The van der Waals surface area contributed by atoms with E-state index in [1.807, 2.05) is 11.8 Å². The van der Waals surface area contributed by atoms with E-state index in [0.717, 1.165) is 6.54 Å². The van der Waals surface area contributed by atoms with Gasteiger partial charge in [-0.25, -0.2) is 0 Å². The van der Waals surface area contributed by atoms with Gasteiger partial charge in [0.25, 0.3) is 0 Å². The fourth-order valence-corrected chi connectivity index (χ4v) is 2.32. The maximum Gasteiger partial charge on any atom is 0.0226 e. The Kier molecular flexibility index (Phi) is 5.04. The van der Waals surface area contributed by atoms with Crippen LogP contribution in [0.4, 0.5) is 0 Å². The van der Waals surface area contributed by atoms with E-state index in [1.54, 1.807) is 0 Å². The maximum absolute atomic E-state index is 5.74. The quantitative estimate of drug-likeness (QED) is 0.702. The predicted octanol–water partition coefficient (Wildman–Crippen LogP) is 1.16. The lowest BCUT2D eigenvalue weighted by molar-refractivity contribution is 0.243. The van der Waals surface area contributed by atoms with E-state index in [9.17, 15) is 0 Å². The topological polar surface area (TPSA) is 29.3 Å². The Morgan fingerprint density at radius 2 is 2.08 bits per heavy atom. The molecule has 0 saturated carbocycles. The molecule has 1 aliphatic heterocycles. The van der Waals surface area contributed by atoms with Crippen molar-refractivity contribution in [2.45, 2.75) is 25.3 Å². The first-order valence-corrected chi connectivity index (χ1v) is 6.21. The van der Waals surface area contributed by atoms with Crippen LogP contribution < -0.4 is 5.73 Å². The van der Waals surface area contributed by atoms with E-state index >= 15 is 0 Å². The summed E-state index contributed by atoms with van der Waals surface area (Å²) in [6, 6.07) is 0.653. The third kappa shape index (κ3) is 2.96. The van der Waals surface area contributed by atoms with Crippen LogP contribution in [-0.4, -0.2) is 42.6 Å². The highest BCUT2D eigenvalue weighted by Crippen LogP contribution is 2.14. The average Bonchev–Trinajstić information content (AvgIpc) is 2.59. The van der Waals surface area contributed by atoms with Gasteiger partial charge < -0.3 is 5.73 Å². The average molecular weight is 188 g/mol. The van der Waals surface area contributed by atoms with E-state index in [1.165, 1.54) is 38.1 Å². The molecule has 3 heteroatoms. The number of hydrogen-bond acceptors (Lipinski definition) is 3. The van der Waals surface area contributed by atoms with Gasteiger partial charge in [-0.3, -0.25) is 4.90 Å². The lowest BCUT2D eigenvalue weighted by Gasteiger charge is -2.25.